The Kier molecular flexibility index (Phi) is 2.92. The average Bonchev–Trinajstić information content (AvgIpc) is 2.85. The van der Waals surface area contributed by atoms with Crippen LogP contribution in [0.3, 0.4) is 0 Å². The van der Waals surface area contributed by atoms with Gasteiger partial charge in [-0.2, -0.15) is 0 Å². The number of aryl methyl sites for hydroxylation is 1. The minimum Gasteiger partial charge on any atom is -0.338 e. The number of para-hydroxylation sites is 2. The second kappa shape index (κ2) is 4.73. The fourth-order valence-corrected chi connectivity index (χ4v) is 2.12. The van der Waals surface area contributed by atoms with E-state index in [0.717, 1.165) is 22.4 Å². The maximum atomic E-state index is 4.60. The molecule has 2 heteroatoms. The number of hydrogen-bond donors (Lipinski definition) is 1. The summed E-state index contributed by atoms with van der Waals surface area (Å²) < 4.78 is 0. The van der Waals surface area contributed by atoms with Gasteiger partial charge in [0, 0.05) is 0 Å². The third-order valence-electron chi connectivity index (χ3n) is 3.22. The molecule has 0 bridgehead atoms. The summed E-state index contributed by atoms with van der Waals surface area (Å²) in [7, 11) is 0. The zero-order valence-corrected chi connectivity index (χ0v) is 11.1. The van der Waals surface area contributed by atoms with Crippen LogP contribution < -0.4 is 0 Å². The number of rotatable bonds is 2. The van der Waals surface area contributed by atoms with Crippen LogP contribution in [-0.4, -0.2) is 9.97 Å². The maximum Gasteiger partial charge on any atom is 0.134 e. The Hall–Kier alpha value is -2.35. The van der Waals surface area contributed by atoms with Crippen LogP contribution in [-0.2, 0) is 0 Å². The lowest BCUT2D eigenvalue weighted by Crippen LogP contribution is -1.83. The number of aromatic nitrogens is 2. The lowest BCUT2D eigenvalue weighted by Gasteiger charge is -1.98. The maximum absolute atomic E-state index is 4.60. The Balaban J connectivity index is 1.98. The first-order chi connectivity index (χ1) is 9.22. The van der Waals surface area contributed by atoms with Crippen molar-refractivity contribution in [3.63, 3.8) is 0 Å². The molecular weight excluding hydrogens is 232 g/mol. The molecule has 0 radical (unpaired) electrons. The summed E-state index contributed by atoms with van der Waals surface area (Å²) in [6.45, 7) is 4.18. The number of benzene rings is 2. The van der Waals surface area contributed by atoms with Crippen LogP contribution in [0.1, 0.15) is 23.9 Å². The first-order valence-corrected chi connectivity index (χ1v) is 6.42. The predicted molar refractivity (Wildman–Crippen MR) is 80.8 cm³/mol. The van der Waals surface area contributed by atoms with Crippen molar-refractivity contribution in [1.82, 2.24) is 9.97 Å². The van der Waals surface area contributed by atoms with E-state index in [1.165, 1.54) is 11.1 Å². The topological polar surface area (TPSA) is 28.7 Å². The molecule has 1 heterocycles. The Bertz CT molecular complexity index is 700. The van der Waals surface area contributed by atoms with Crippen molar-refractivity contribution in [3.05, 3.63) is 65.5 Å². The van der Waals surface area contributed by atoms with Crippen molar-refractivity contribution >= 4 is 22.7 Å². The van der Waals surface area contributed by atoms with Gasteiger partial charge < -0.3 is 4.98 Å². The molecule has 0 aliphatic carbocycles. The van der Waals surface area contributed by atoms with E-state index in [0.29, 0.717) is 0 Å². The van der Waals surface area contributed by atoms with Crippen LogP contribution >= 0.6 is 0 Å². The normalized spacial score (nSPS) is 12.0. The van der Waals surface area contributed by atoms with Gasteiger partial charge in [0.15, 0.2) is 0 Å². The molecule has 1 N–H and O–H groups in total. The first-order valence-electron chi connectivity index (χ1n) is 6.42. The van der Waals surface area contributed by atoms with Crippen LogP contribution in [0.25, 0.3) is 22.7 Å². The Labute approximate surface area is 112 Å². The van der Waals surface area contributed by atoms with Crippen LogP contribution in [0.2, 0.25) is 0 Å². The number of nitrogens with zero attached hydrogens (tertiary/aromatic N) is 1. The number of hydrogen-bond acceptors (Lipinski definition) is 1. The standard InChI is InChI=1S/C17H16N2/c1-12-7-9-14(10-8-12)11-13(2)17-18-15-5-3-4-6-16(15)19-17/h3-11H,1-2H3,(H,18,19)/b13-11-. The van der Waals surface area contributed by atoms with E-state index in [4.69, 9.17) is 0 Å². The molecule has 0 fully saturated rings. The number of H-pyrrole nitrogens is 1. The number of nitrogens with one attached hydrogen (secondary N) is 1. The summed E-state index contributed by atoms with van der Waals surface area (Å²) in [6, 6.07) is 16.6. The molecule has 3 rings (SSSR count). The fraction of sp³-hybridized carbons (Fsp3) is 0.118. The second-order valence-corrected chi connectivity index (χ2v) is 4.84. The number of aromatic amines is 1. The van der Waals surface area contributed by atoms with E-state index >= 15 is 0 Å². The van der Waals surface area contributed by atoms with Gasteiger partial charge in [-0.1, -0.05) is 42.0 Å². The van der Waals surface area contributed by atoms with Crippen LogP contribution in [0.5, 0.6) is 0 Å². The molecule has 0 amide bonds. The van der Waals surface area contributed by atoms with E-state index in [2.05, 4.69) is 54.2 Å². The molecule has 0 saturated heterocycles. The minimum absolute atomic E-state index is 0.932. The van der Waals surface area contributed by atoms with E-state index in [1.54, 1.807) is 0 Å². The van der Waals surface area contributed by atoms with E-state index < -0.39 is 0 Å². The monoisotopic (exact) mass is 248 g/mol. The highest BCUT2D eigenvalue weighted by Crippen LogP contribution is 2.19. The van der Waals surface area contributed by atoms with Gasteiger partial charge in [-0.25, -0.2) is 4.98 Å². The SMILES string of the molecule is C/C(=C/c1ccc(C)cc1)c1nc2ccccc2[nH]1. The largest absolute Gasteiger partial charge is 0.338 e. The third-order valence-corrected chi connectivity index (χ3v) is 3.22. The number of fused-ring (bicyclic) bond motifs is 1. The van der Waals surface area contributed by atoms with E-state index in [9.17, 15) is 0 Å². The molecule has 19 heavy (non-hydrogen) atoms. The van der Waals surface area contributed by atoms with Gasteiger partial charge in [0.2, 0.25) is 0 Å². The van der Waals surface area contributed by atoms with Gasteiger partial charge >= 0.3 is 0 Å². The molecule has 1 aromatic heterocycles. The minimum atomic E-state index is 0.932. The molecule has 0 unspecified atom stereocenters. The van der Waals surface area contributed by atoms with Crippen molar-refractivity contribution in [1.29, 1.82) is 0 Å². The molecule has 0 spiro atoms. The van der Waals surface area contributed by atoms with Crippen LogP contribution in [0.4, 0.5) is 0 Å². The summed E-state index contributed by atoms with van der Waals surface area (Å²) >= 11 is 0. The molecule has 3 aromatic rings. The lowest BCUT2D eigenvalue weighted by atomic mass is 10.1. The predicted octanol–water partition coefficient (Wildman–Crippen LogP) is 4.43. The third kappa shape index (κ3) is 2.43. The smallest absolute Gasteiger partial charge is 0.134 e. The van der Waals surface area contributed by atoms with Gasteiger partial charge in [-0.15, -0.1) is 0 Å². The van der Waals surface area contributed by atoms with Gasteiger partial charge in [-0.3, -0.25) is 0 Å². The first kappa shape index (κ1) is 11.7. The zero-order chi connectivity index (χ0) is 13.2. The molecule has 2 nitrogen and oxygen atoms in total. The van der Waals surface area contributed by atoms with Crippen LogP contribution in [0.15, 0.2) is 48.5 Å². The highest BCUT2D eigenvalue weighted by molar-refractivity contribution is 5.83. The summed E-state index contributed by atoms with van der Waals surface area (Å²) in [6.07, 6.45) is 2.15. The molecule has 2 aromatic carbocycles. The lowest BCUT2D eigenvalue weighted by molar-refractivity contribution is 1.26. The Morgan fingerprint density at radius 3 is 2.53 bits per heavy atom. The number of allylic oxidation sites excluding steroid dienone is 1. The summed E-state index contributed by atoms with van der Waals surface area (Å²) in [5.74, 6) is 0.932. The van der Waals surface area contributed by atoms with Crippen molar-refractivity contribution in [2.45, 2.75) is 13.8 Å². The molecule has 0 saturated carbocycles. The number of imidazole rings is 1. The zero-order valence-electron chi connectivity index (χ0n) is 11.1. The van der Waals surface area contributed by atoms with Gasteiger partial charge in [0.05, 0.1) is 11.0 Å². The van der Waals surface area contributed by atoms with E-state index in [-0.39, 0.29) is 0 Å². The highest BCUT2D eigenvalue weighted by atomic mass is 14.9. The Morgan fingerprint density at radius 1 is 1.05 bits per heavy atom. The van der Waals surface area contributed by atoms with Gasteiger partial charge in [0.25, 0.3) is 0 Å². The molecule has 0 atom stereocenters. The average molecular weight is 248 g/mol. The second-order valence-electron chi connectivity index (χ2n) is 4.84. The summed E-state index contributed by atoms with van der Waals surface area (Å²) in [4.78, 5) is 7.95. The van der Waals surface area contributed by atoms with Gasteiger partial charge in [-0.05, 0) is 43.2 Å². The quantitative estimate of drug-likeness (QED) is 0.714. The fourth-order valence-electron chi connectivity index (χ4n) is 2.12. The van der Waals surface area contributed by atoms with Crippen molar-refractivity contribution in [2.24, 2.45) is 0 Å². The van der Waals surface area contributed by atoms with Crippen LogP contribution in [0, 0.1) is 6.92 Å². The van der Waals surface area contributed by atoms with E-state index in [1.807, 2.05) is 24.3 Å². The molecule has 0 aliphatic heterocycles. The molecular formula is C17H16N2. The molecule has 94 valence electrons. The summed E-state index contributed by atoms with van der Waals surface area (Å²) in [5, 5.41) is 0. The highest BCUT2D eigenvalue weighted by Gasteiger charge is 2.03. The Morgan fingerprint density at radius 2 is 1.79 bits per heavy atom. The van der Waals surface area contributed by atoms with Crippen molar-refractivity contribution in [2.75, 3.05) is 0 Å². The van der Waals surface area contributed by atoms with Gasteiger partial charge in [0.1, 0.15) is 5.82 Å². The molecule has 0 aliphatic rings. The van der Waals surface area contributed by atoms with Crippen molar-refractivity contribution < 1.29 is 0 Å². The summed E-state index contributed by atoms with van der Waals surface area (Å²) in [5.41, 5.74) is 5.70. The van der Waals surface area contributed by atoms with Crippen molar-refractivity contribution in [3.8, 4) is 0 Å².